The fourth-order valence-electron chi connectivity index (χ4n) is 3.30. The van der Waals surface area contributed by atoms with Crippen molar-refractivity contribution in [3.63, 3.8) is 0 Å². The molecule has 1 aromatic rings. The number of carbonyl (C=O) groups excluding carboxylic acids is 2. The zero-order valence-electron chi connectivity index (χ0n) is 13.6. The van der Waals surface area contributed by atoms with Gasteiger partial charge in [-0.3, -0.25) is 9.59 Å². The summed E-state index contributed by atoms with van der Waals surface area (Å²) in [5, 5.41) is 2.96. The zero-order valence-corrected chi connectivity index (χ0v) is 13.6. The van der Waals surface area contributed by atoms with Crippen molar-refractivity contribution in [3.8, 4) is 0 Å². The normalized spacial score (nSPS) is 22.4. The summed E-state index contributed by atoms with van der Waals surface area (Å²) in [5.74, 6) is -0.142. The van der Waals surface area contributed by atoms with Crippen LogP contribution in [0.5, 0.6) is 0 Å². The highest BCUT2D eigenvalue weighted by Gasteiger charge is 2.38. The van der Waals surface area contributed by atoms with E-state index in [4.69, 9.17) is 4.74 Å². The maximum Gasteiger partial charge on any atom is 0.225 e. The number of benzene rings is 1. The Kier molecular flexibility index (Phi) is 4.96. The van der Waals surface area contributed by atoms with E-state index in [1.807, 2.05) is 36.1 Å². The van der Waals surface area contributed by atoms with Crippen LogP contribution in [-0.2, 0) is 20.9 Å². The highest BCUT2D eigenvalue weighted by Crippen LogP contribution is 2.25. The molecule has 2 saturated heterocycles. The Morgan fingerprint density at radius 3 is 2.65 bits per heavy atom. The second kappa shape index (κ2) is 7.13. The molecule has 1 N–H and O–H groups in total. The number of amides is 2. The Morgan fingerprint density at radius 1 is 1.26 bits per heavy atom. The average Bonchev–Trinajstić information content (AvgIpc) is 2.97. The molecule has 0 aliphatic carbocycles. The Hall–Kier alpha value is -1.88. The first-order valence-corrected chi connectivity index (χ1v) is 8.34. The second-order valence-electron chi connectivity index (χ2n) is 6.49. The smallest absolute Gasteiger partial charge is 0.225 e. The third-order valence-corrected chi connectivity index (χ3v) is 4.75. The molecule has 2 amide bonds. The predicted molar refractivity (Wildman–Crippen MR) is 86.7 cm³/mol. The molecule has 0 radical (unpaired) electrons. The van der Waals surface area contributed by atoms with E-state index in [0.29, 0.717) is 32.7 Å². The number of hydrogen-bond donors (Lipinski definition) is 1. The van der Waals surface area contributed by atoms with Crippen LogP contribution in [0.2, 0.25) is 0 Å². The van der Waals surface area contributed by atoms with E-state index in [0.717, 1.165) is 18.4 Å². The van der Waals surface area contributed by atoms with Crippen molar-refractivity contribution >= 4 is 11.8 Å². The van der Waals surface area contributed by atoms with Crippen molar-refractivity contribution in [3.05, 3.63) is 35.4 Å². The molecule has 1 unspecified atom stereocenters. The quantitative estimate of drug-likeness (QED) is 0.919. The Labute approximate surface area is 137 Å². The molecule has 124 valence electrons. The first-order valence-electron chi connectivity index (χ1n) is 8.34. The summed E-state index contributed by atoms with van der Waals surface area (Å²) in [7, 11) is 0. The molecule has 5 nitrogen and oxygen atoms in total. The van der Waals surface area contributed by atoms with Gasteiger partial charge in [-0.2, -0.15) is 0 Å². The first kappa shape index (κ1) is 16.0. The summed E-state index contributed by atoms with van der Waals surface area (Å²) in [4.78, 5) is 26.4. The highest BCUT2D eigenvalue weighted by atomic mass is 16.5. The summed E-state index contributed by atoms with van der Waals surface area (Å²) >= 11 is 0. The van der Waals surface area contributed by atoms with Gasteiger partial charge in [0, 0.05) is 38.8 Å². The number of hydrogen-bond acceptors (Lipinski definition) is 3. The van der Waals surface area contributed by atoms with E-state index in [2.05, 4.69) is 5.32 Å². The molecule has 2 fully saturated rings. The summed E-state index contributed by atoms with van der Waals surface area (Å²) in [6, 6.07) is 8.35. The van der Waals surface area contributed by atoms with Crippen molar-refractivity contribution in [1.82, 2.24) is 10.2 Å². The van der Waals surface area contributed by atoms with Gasteiger partial charge in [-0.1, -0.05) is 29.8 Å². The van der Waals surface area contributed by atoms with E-state index in [-0.39, 0.29) is 23.8 Å². The largest absolute Gasteiger partial charge is 0.381 e. The Morgan fingerprint density at radius 2 is 1.96 bits per heavy atom. The van der Waals surface area contributed by atoms with Gasteiger partial charge in [0.15, 0.2) is 0 Å². The van der Waals surface area contributed by atoms with Gasteiger partial charge in [0.05, 0.1) is 5.92 Å². The lowest BCUT2D eigenvalue weighted by molar-refractivity contribution is -0.131. The molecule has 2 heterocycles. The van der Waals surface area contributed by atoms with Crippen LogP contribution >= 0.6 is 0 Å². The summed E-state index contributed by atoms with van der Waals surface area (Å²) < 4.78 is 5.35. The summed E-state index contributed by atoms with van der Waals surface area (Å²) in [6.45, 7) is 4.51. The van der Waals surface area contributed by atoms with E-state index in [1.54, 1.807) is 0 Å². The first-order chi connectivity index (χ1) is 11.1. The SMILES string of the molecule is Cc1ccc(CNC(=O)C2CC(=O)N(C3CCOCC3)C2)cc1. The maximum atomic E-state index is 12.3. The van der Waals surface area contributed by atoms with Crippen molar-refractivity contribution in [2.24, 2.45) is 5.92 Å². The number of nitrogens with zero attached hydrogens (tertiary/aromatic N) is 1. The van der Waals surface area contributed by atoms with Gasteiger partial charge in [-0.25, -0.2) is 0 Å². The predicted octanol–water partition coefficient (Wildman–Crippen LogP) is 1.64. The standard InChI is InChI=1S/C18H24N2O3/c1-13-2-4-14(5-3-13)11-19-18(22)15-10-17(21)20(12-15)16-6-8-23-9-7-16/h2-5,15-16H,6-12H2,1H3,(H,19,22). The molecule has 1 atom stereocenters. The molecular formula is C18H24N2O3. The van der Waals surface area contributed by atoms with E-state index >= 15 is 0 Å². The van der Waals surface area contributed by atoms with Gasteiger partial charge in [-0.15, -0.1) is 0 Å². The molecule has 0 spiro atoms. The fourth-order valence-corrected chi connectivity index (χ4v) is 3.30. The lowest BCUT2D eigenvalue weighted by Gasteiger charge is -2.31. The lowest BCUT2D eigenvalue weighted by Crippen LogP contribution is -2.41. The third kappa shape index (κ3) is 3.91. The van der Waals surface area contributed by atoms with Crippen LogP contribution < -0.4 is 5.32 Å². The number of rotatable bonds is 4. The molecule has 0 bridgehead atoms. The zero-order chi connectivity index (χ0) is 16.2. The summed E-state index contributed by atoms with van der Waals surface area (Å²) in [6.07, 6.45) is 2.09. The number of aryl methyl sites for hydroxylation is 1. The van der Waals surface area contributed by atoms with Crippen LogP contribution in [0.15, 0.2) is 24.3 Å². The minimum Gasteiger partial charge on any atom is -0.381 e. The molecule has 1 aromatic carbocycles. The minimum atomic E-state index is -0.226. The van der Waals surface area contributed by atoms with Crippen molar-refractivity contribution < 1.29 is 14.3 Å². The average molecular weight is 316 g/mol. The molecule has 2 aliphatic heterocycles. The van der Waals surface area contributed by atoms with Gasteiger partial charge in [0.2, 0.25) is 11.8 Å². The van der Waals surface area contributed by atoms with Crippen LogP contribution in [0.25, 0.3) is 0 Å². The molecule has 3 rings (SSSR count). The molecule has 2 aliphatic rings. The molecule has 0 saturated carbocycles. The Balaban J connectivity index is 1.52. The lowest BCUT2D eigenvalue weighted by atomic mass is 10.1. The van der Waals surface area contributed by atoms with Crippen LogP contribution in [-0.4, -0.2) is 42.5 Å². The molecule has 5 heteroatoms. The van der Waals surface area contributed by atoms with Gasteiger partial charge in [-0.05, 0) is 25.3 Å². The number of ether oxygens (including phenoxy) is 1. The van der Waals surface area contributed by atoms with Crippen molar-refractivity contribution in [2.45, 2.75) is 38.8 Å². The number of carbonyl (C=O) groups is 2. The maximum absolute atomic E-state index is 12.3. The molecule has 23 heavy (non-hydrogen) atoms. The van der Waals surface area contributed by atoms with E-state index in [1.165, 1.54) is 5.56 Å². The van der Waals surface area contributed by atoms with Crippen molar-refractivity contribution in [1.29, 1.82) is 0 Å². The van der Waals surface area contributed by atoms with Crippen LogP contribution in [0.4, 0.5) is 0 Å². The molecule has 0 aromatic heterocycles. The number of likely N-dealkylation sites (tertiary alicyclic amines) is 1. The van der Waals surface area contributed by atoms with E-state index < -0.39 is 0 Å². The topological polar surface area (TPSA) is 58.6 Å². The highest BCUT2D eigenvalue weighted by molar-refractivity contribution is 5.89. The van der Waals surface area contributed by atoms with Gasteiger partial charge in [0.25, 0.3) is 0 Å². The number of nitrogens with one attached hydrogen (secondary N) is 1. The third-order valence-electron chi connectivity index (χ3n) is 4.75. The van der Waals surface area contributed by atoms with Crippen LogP contribution in [0.3, 0.4) is 0 Å². The summed E-state index contributed by atoms with van der Waals surface area (Å²) in [5.41, 5.74) is 2.28. The van der Waals surface area contributed by atoms with Gasteiger partial charge >= 0.3 is 0 Å². The van der Waals surface area contributed by atoms with Crippen LogP contribution in [0.1, 0.15) is 30.4 Å². The molecular weight excluding hydrogens is 292 g/mol. The van der Waals surface area contributed by atoms with Crippen molar-refractivity contribution in [2.75, 3.05) is 19.8 Å². The fraction of sp³-hybridized carbons (Fsp3) is 0.556. The van der Waals surface area contributed by atoms with E-state index in [9.17, 15) is 9.59 Å². The monoisotopic (exact) mass is 316 g/mol. The minimum absolute atomic E-state index is 0.0199. The van der Waals surface area contributed by atoms with Gasteiger partial charge in [0.1, 0.15) is 0 Å². The second-order valence-corrected chi connectivity index (χ2v) is 6.49. The van der Waals surface area contributed by atoms with Gasteiger partial charge < -0.3 is 15.0 Å². The van der Waals surface area contributed by atoms with Crippen LogP contribution in [0, 0.1) is 12.8 Å². The Bertz CT molecular complexity index is 564.